The number of piperidine rings is 1. The van der Waals surface area contributed by atoms with Gasteiger partial charge in [-0.3, -0.25) is 4.79 Å². The number of benzene rings is 1. The molecule has 7 heteroatoms. The largest absolute Gasteiger partial charge is 0.449 e. The van der Waals surface area contributed by atoms with Crippen molar-refractivity contribution < 1.29 is 14.3 Å². The van der Waals surface area contributed by atoms with E-state index in [0.717, 1.165) is 42.0 Å². The van der Waals surface area contributed by atoms with Crippen molar-refractivity contribution in [3.8, 4) is 0 Å². The summed E-state index contributed by atoms with van der Waals surface area (Å²) in [6, 6.07) is 5.85. The fourth-order valence-electron chi connectivity index (χ4n) is 3.51. The number of aromatic nitrogens is 1. The van der Waals surface area contributed by atoms with E-state index in [1.807, 2.05) is 12.1 Å². The maximum atomic E-state index is 12.1. The van der Waals surface area contributed by atoms with Crippen molar-refractivity contribution in [2.24, 2.45) is 0 Å². The van der Waals surface area contributed by atoms with Crippen molar-refractivity contribution >= 4 is 40.2 Å². The molecule has 1 aliphatic heterocycles. The van der Waals surface area contributed by atoms with Crippen LogP contribution in [0.2, 0.25) is 5.02 Å². The molecular weight excluding hydrogens is 378 g/mol. The molecule has 0 radical (unpaired) electrons. The first-order chi connectivity index (χ1) is 13.5. The van der Waals surface area contributed by atoms with E-state index < -0.39 is 0 Å². The van der Waals surface area contributed by atoms with Crippen molar-refractivity contribution in [1.82, 2.24) is 9.88 Å². The second-order valence-electron chi connectivity index (χ2n) is 7.20. The van der Waals surface area contributed by atoms with Gasteiger partial charge in [0.2, 0.25) is 5.91 Å². The number of hydrogen-bond acceptors (Lipinski definition) is 4. The number of likely N-dealkylation sites (tertiary alicyclic amines) is 1. The van der Waals surface area contributed by atoms with Gasteiger partial charge < -0.3 is 15.0 Å². The summed E-state index contributed by atoms with van der Waals surface area (Å²) in [7, 11) is 0. The van der Waals surface area contributed by atoms with Gasteiger partial charge in [-0.2, -0.15) is 0 Å². The lowest BCUT2D eigenvalue weighted by molar-refractivity contribution is -0.114. The molecule has 1 aromatic carbocycles. The van der Waals surface area contributed by atoms with Gasteiger partial charge >= 0.3 is 6.09 Å². The Morgan fingerprint density at radius 2 is 2.00 bits per heavy atom. The van der Waals surface area contributed by atoms with Crippen LogP contribution in [0.15, 0.2) is 24.4 Å². The standard InChI is InChI=1S/C21H26ClN3O3/c1-3-4-9-28-21(27)25-7-5-15(6-8-25)18-10-16-12-20(24-14(2)26)23-13-17(16)11-19(18)22/h10-13,15H,3-9H2,1-2H3,(H,23,24,26). The van der Waals surface area contributed by atoms with Crippen LogP contribution in [0.4, 0.5) is 10.6 Å². The molecule has 150 valence electrons. The van der Waals surface area contributed by atoms with E-state index in [9.17, 15) is 9.59 Å². The minimum atomic E-state index is -0.220. The number of anilines is 1. The molecule has 0 aliphatic carbocycles. The molecule has 1 fully saturated rings. The Labute approximate surface area is 170 Å². The van der Waals surface area contributed by atoms with Gasteiger partial charge in [0.1, 0.15) is 5.82 Å². The number of amides is 2. The van der Waals surface area contributed by atoms with Crippen molar-refractivity contribution in [2.45, 2.75) is 45.4 Å². The maximum Gasteiger partial charge on any atom is 0.409 e. The number of rotatable bonds is 5. The van der Waals surface area contributed by atoms with Crippen LogP contribution in [-0.2, 0) is 9.53 Å². The fraction of sp³-hybridized carbons (Fsp3) is 0.476. The first-order valence-corrected chi connectivity index (χ1v) is 10.1. The number of carbonyl (C=O) groups is 2. The lowest BCUT2D eigenvalue weighted by Gasteiger charge is -2.32. The van der Waals surface area contributed by atoms with Crippen LogP contribution in [0, 0.1) is 0 Å². The molecule has 0 bridgehead atoms. The molecule has 2 amide bonds. The summed E-state index contributed by atoms with van der Waals surface area (Å²) < 4.78 is 5.31. The highest BCUT2D eigenvalue weighted by Gasteiger charge is 2.26. The quantitative estimate of drug-likeness (QED) is 0.716. The smallest absolute Gasteiger partial charge is 0.409 e. The van der Waals surface area contributed by atoms with Gasteiger partial charge in [-0.05, 0) is 54.3 Å². The molecular formula is C21H26ClN3O3. The molecule has 0 unspecified atom stereocenters. The van der Waals surface area contributed by atoms with Crippen LogP contribution in [0.25, 0.3) is 10.8 Å². The normalized spacial score (nSPS) is 14.9. The van der Waals surface area contributed by atoms with E-state index >= 15 is 0 Å². The number of fused-ring (bicyclic) bond motifs is 1. The molecule has 0 spiro atoms. The van der Waals surface area contributed by atoms with E-state index in [1.165, 1.54) is 6.92 Å². The van der Waals surface area contributed by atoms with Crippen molar-refractivity contribution in [1.29, 1.82) is 0 Å². The van der Waals surface area contributed by atoms with Crippen LogP contribution in [0.1, 0.15) is 51.0 Å². The zero-order valence-corrected chi connectivity index (χ0v) is 17.1. The number of halogens is 1. The molecule has 2 heterocycles. The Morgan fingerprint density at radius 3 is 2.68 bits per heavy atom. The third-order valence-corrected chi connectivity index (χ3v) is 5.39. The molecule has 0 saturated carbocycles. The summed E-state index contributed by atoms with van der Waals surface area (Å²) in [6.07, 6.45) is 5.09. The fourth-order valence-corrected chi connectivity index (χ4v) is 3.84. The van der Waals surface area contributed by atoms with Crippen molar-refractivity contribution in [3.05, 3.63) is 35.0 Å². The first kappa shape index (κ1) is 20.4. The second-order valence-corrected chi connectivity index (χ2v) is 7.61. The molecule has 28 heavy (non-hydrogen) atoms. The van der Waals surface area contributed by atoms with Crippen molar-refractivity contribution in [3.63, 3.8) is 0 Å². The number of nitrogens with zero attached hydrogens (tertiary/aromatic N) is 2. The van der Waals surface area contributed by atoms with Gasteiger partial charge in [0, 0.05) is 36.6 Å². The molecule has 1 aromatic heterocycles. The number of unbranched alkanes of at least 4 members (excludes halogenated alkanes) is 1. The predicted octanol–water partition coefficient (Wildman–Crippen LogP) is 4.96. The summed E-state index contributed by atoms with van der Waals surface area (Å²) in [5.41, 5.74) is 1.08. The number of nitrogens with one attached hydrogen (secondary N) is 1. The molecule has 0 atom stereocenters. The van der Waals surface area contributed by atoms with Crippen molar-refractivity contribution in [2.75, 3.05) is 25.0 Å². The average molecular weight is 404 g/mol. The van der Waals surface area contributed by atoms with E-state index in [0.29, 0.717) is 30.5 Å². The molecule has 1 saturated heterocycles. The van der Waals surface area contributed by atoms with Gasteiger partial charge in [0.05, 0.1) is 6.61 Å². The van der Waals surface area contributed by atoms with Gasteiger partial charge in [0.15, 0.2) is 0 Å². The highest BCUT2D eigenvalue weighted by Crippen LogP contribution is 2.36. The van der Waals surface area contributed by atoms with Crippen LogP contribution < -0.4 is 5.32 Å². The number of carbonyl (C=O) groups excluding carboxylic acids is 2. The number of hydrogen-bond donors (Lipinski definition) is 1. The number of pyridine rings is 1. The summed E-state index contributed by atoms with van der Waals surface area (Å²) in [6.45, 7) is 5.34. The third kappa shape index (κ3) is 4.93. The summed E-state index contributed by atoms with van der Waals surface area (Å²) in [4.78, 5) is 29.4. The Kier molecular flexibility index (Phi) is 6.73. The zero-order valence-electron chi connectivity index (χ0n) is 16.3. The summed E-state index contributed by atoms with van der Waals surface area (Å²) >= 11 is 6.54. The summed E-state index contributed by atoms with van der Waals surface area (Å²) in [5, 5.41) is 5.34. The van der Waals surface area contributed by atoms with Gasteiger partial charge in [-0.25, -0.2) is 9.78 Å². The molecule has 1 N–H and O–H groups in total. The zero-order chi connectivity index (χ0) is 20.1. The minimum absolute atomic E-state index is 0.153. The lowest BCUT2D eigenvalue weighted by atomic mass is 9.88. The Hall–Kier alpha value is -2.34. The highest BCUT2D eigenvalue weighted by atomic mass is 35.5. The first-order valence-electron chi connectivity index (χ1n) is 9.76. The minimum Gasteiger partial charge on any atom is -0.449 e. The van der Waals surface area contributed by atoms with E-state index in [2.05, 4.69) is 23.3 Å². The average Bonchev–Trinajstić information content (AvgIpc) is 2.67. The Balaban J connectivity index is 1.70. The number of ether oxygens (including phenoxy) is 1. The van der Waals surface area contributed by atoms with Crippen LogP contribution >= 0.6 is 11.6 Å². The SMILES string of the molecule is CCCCOC(=O)N1CCC(c2cc3cc(NC(C)=O)ncc3cc2Cl)CC1. The van der Waals surface area contributed by atoms with Gasteiger partial charge in [0.25, 0.3) is 0 Å². The third-order valence-electron chi connectivity index (χ3n) is 5.06. The van der Waals surface area contributed by atoms with Crippen LogP contribution in [0.3, 0.4) is 0 Å². The van der Waals surface area contributed by atoms with E-state index in [1.54, 1.807) is 11.1 Å². The topological polar surface area (TPSA) is 71.5 Å². The predicted molar refractivity (Wildman–Crippen MR) is 111 cm³/mol. The Bertz CT molecular complexity index is 863. The van der Waals surface area contributed by atoms with Gasteiger partial charge in [-0.15, -0.1) is 0 Å². The summed E-state index contributed by atoms with van der Waals surface area (Å²) in [5.74, 6) is 0.658. The molecule has 2 aromatic rings. The van der Waals surface area contributed by atoms with Crippen LogP contribution in [-0.4, -0.2) is 41.6 Å². The van der Waals surface area contributed by atoms with E-state index in [-0.39, 0.29) is 17.9 Å². The van der Waals surface area contributed by atoms with E-state index in [4.69, 9.17) is 16.3 Å². The highest BCUT2D eigenvalue weighted by molar-refractivity contribution is 6.32. The lowest BCUT2D eigenvalue weighted by Crippen LogP contribution is -2.38. The van der Waals surface area contributed by atoms with Crippen LogP contribution in [0.5, 0.6) is 0 Å². The monoisotopic (exact) mass is 403 g/mol. The second kappa shape index (κ2) is 9.24. The van der Waals surface area contributed by atoms with Gasteiger partial charge in [-0.1, -0.05) is 24.9 Å². The molecule has 6 nitrogen and oxygen atoms in total. The molecule has 3 rings (SSSR count). The molecule has 1 aliphatic rings. The maximum absolute atomic E-state index is 12.1. The Morgan fingerprint density at radius 1 is 1.25 bits per heavy atom.